The van der Waals surface area contributed by atoms with E-state index in [4.69, 9.17) is 4.74 Å². The van der Waals surface area contributed by atoms with Crippen molar-refractivity contribution in [2.45, 2.75) is 0 Å². The molecule has 0 spiro atoms. The molecule has 0 unspecified atom stereocenters. The summed E-state index contributed by atoms with van der Waals surface area (Å²) < 4.78 is 5.12. The van der Waals surface area contributed by atoms with Crippen LogP contribution in [0, 0.1) is 0 Å². The Labute approximate surface area is 115 Å². The second-order valence-corrected chi connectivity index (χ2v) is 4.28. The van der Waals surface area contributed by atoms with Gasteiger partial charge in [0, 0.05) is 11.1 Å². The van der Waals surface area contributed by atoms with E-state index in [0.717, 1.165) is 16.9 Å². The van der Waals surface area contributed by atoms with Crippen LogP contribution in [0.2, 0.25) is 0 Å². The maximum absolute atomic E-state index is 9.28. The number of H-pyrrole nitrogens is 1. The lowest BCUT2D eigenvalue weighted by atomic mass is 10.2. The van der Waals surface area contributed by atoms with Gasteiger partial charge in [-0.2, -0.15) is 5.10 Å². The van der Waals surface area contributed by atoms with Crippen LogP contribution in [0.3, 0.4) is 0 Å². The minimum atomic E-state index is 0.226. The fraction of sp³-hybridized carbons (Fsp3) is 0.0667. The maximum atomic E-state index is 9.28. The van der Waals surface area contributed by atoms with Gasteiger partial charge in [-0.25, -0.2) is 4.98 Å². The van der Waals surface area contributed by atoms with Gasteiger partial charge in [-0.05, 0) is 48.5 Å². The molecule has 2 N–H and O–H groups in total. The summed E-state index contributed by atoms with van der Waals surface area (Å²) in [5.74, 6) is 2.30. The molecule has 0 aliphatic rings. The predicted octanol–water partition coefficient (Wildman–Crippen LogP) is 2.85. The fourth-order valence-corrected chi connectivity index (χ4v) is 1.88. The highest BCUT2D eigenvalue weighted by Gasteiger charge is 2.07. The number of benzene rings is 2. The van der Waals surface area contributed by atoms with Crippen molar-refractivity contribution in [3.05, 3.63) is 48.5 Å². The Balaban J connectivity index is 1.91. The number of phenolic OH excluding ortho intramolecular Hbond substituents is 1. The van der Waals surface area contributed by atoms with Gasteiger partial charge in [0.1, 0.15) is 11.5 Å². The van der Waals surface area contributed by atoms with Crippen molar-refractivity contribution in [2.24, 2.45) is 0 Å². The number of hydrogen-bond donors (Lipinski definition) is 2. The van der Waals surface area contributed by atoms with E-state index in [1.165, 1.54) is 0 Å². The standard InChI is InChI=1S/C15H13N3O2/c1-20-13-8-4-11(5-9-13)15-16-14(17-18-15)10-2-6-12(19)7-3-10/h2-9,19H,1H3,(H,16,17,18). The monoisotopic (exact) mass is 267 g/mol. The lowest BCUT2D eigenvalue weighted by Crippen LogP contribution is -1.84. The second kappa shape index (κ2) is 5.05. The van der Waals surface area contributed by atoms with Crippen LogP contribution in [-0.4, -0.2) is 27.4 Å². The first-order chi connectivity index (χ1) is 9.76. The highest BCUT2D eigenvalue weighted by molar-refractivity contribution is 5.62. The number of rotatable bonds is 3. The molecular formula is C15H13N3O2. The summed E-state index contributed by atoms with van der Waals surface area (Å²) in [6, 6.07) is 14.3. The first kappa shape index (κ1) is 12.2. The molecule has 3 rings (SSSR count). The van der Waals surface area contributed by atoms with Crippen LogP contribution in [0.1, 0.15) is 0 Å². The number of aromatic hydroxyl groups is 1. The molecule has 1 heterocycles. The quantitative estimate of drug-likeness (QED) is 0.765. The van der Waals surface area contributed by atoms with Crippen LogP contribution in [0.25, 0.3) is 22.8 Å². The number of nitrogens with zero attached hydrogens (tertiary/aromatic N) is 2. The third-order valence-corrected chi connectivity index (χ3v) is 2.97. The van der Waals surface area contributed by atoms with Gasteiger partial charge < -0.3 is 9.84 Å². The zero-order valence-corrected chi connectivity index (χ0v) is 10.9. The summed E-state index contributed by atoms with van der Waals surface area (Å²) in [5.41, 5.74) is 1.78. The zero-order valence-electron chi connectivity index (χ0n) is 10.9. The Bertz CT molecular complexity index is 703. The lowest BCUT2D eigenvalue weighted by Gasteiger charge is -1.99. The summed E-state index contributed by atoms with van der Waals surface area (Å²) in [7, 11) is 1.63. The Morgan fingerprint density at radius 3 is 2.25 bits per heavy atom. The third-order valence-electron chi connectivity index (χ3n) is 2.97. The molecule has 2 aromatic carbocycles. The molecular weight excluding hydrogens is 254 g/mol. The smallest absolute Gasteiger partial charge is 0.181 e. The van der Waals surface area contributed by atoms with E-state index in [-0.39, 0.29) is 5.75 Å². The third kappa shape index (κ3) is 2.33. The SMILES string of the molecule is COc1ccc(-c2n[nH]c(-c3ccc(O)cc3)n2)cc1. The van der Waals surface area contributed by atoms with Gasteiger partial charge in [-0.1, -0.05) is 0 Å². The minimum absolute atomic E-state index is 0.226. The van der Waals surface area contributed by atoms with Crippen LogP contribution < -0.4 is 4.74 Å². The molecule has 1 aromatic heterocycles. The number of aromatic amines is 1. The number of hydrogen-bond acceptors (Lipinski definition) is 4. The molecule has 20 heavy (non-hydrogen) atoms. The van der Waals surface area contributed by atoms with Crippen LogP contribution in [-0.2, 0) is 0 Å². The van der Waals surface area contributed by atoms with Gasteiger partial charge >= 0.3 is 0 Å². The van der Waals surface area contributed by atoms with Crippen LogP contribution in [0.4, 0.5) is 0 Å². The molecule has 0 amide bonds. The lowest BCUT2D eigenvalue weighted by molar-refractivity contribution is 0.415. The topological polar surface area (TPSA) is 71.0 Å². The second-order valence-electron chi connectivity index (χ2n) is 4.28. The largest absolute Gasteiger partial charge is 0.508 e. The van der Waals surface area contributed by atoms with Crippen LogP contribution in [0.5, 0.6) is 11.5 Å². The number of methoxy groups -OCH3 is 1. The summed E-state index contributed by atoms with van der Waals surface area (Å²) in [6.45, 7) is 0. The van der Waals surface area contributed by atoms with E-state index >= 15 is 0 Å². The van der Waals surface area contributed by atoms with Crippen molar-refractivity contribution in [3.8, 4) is 34.3 Å². The van der Waals surface area contributed by atoms with E-state index in [9.17, 15) is 5.11 Å². The molecule has 0 aliphatic heterocycles. The Hall–Kier alpha value is -2.82. The minimum Gasteiger partial charge on any atom is -0.508 e. The van der Waals surface area contributed by atoms with Gasteiger partial charge in [0.05, 0.1) is 7.11 Å². The average Bonchev–Trinajstić information content (AvgIpc) is 2.98. The van der Waals surface area contributed by atoms with Crippen molar-refractivity contribution in [1.29, 1.82) is 0 Å². The van der Waals surface area contributed by atoms with Crippen LogP contribution >= 0.6 is 0 Å². The summed E-state index contributed by atoms with van der Waals surface area (Å²) in [5, 5.41) is 16.4. The first-order valence-electron chi connectivity index (χ1n) is 6.12. The number of nitrogens with one attached hydrogen (secondary N) is 1. The summed E-state index contributed by atoms with van der Waals surface area (Å²) in [6.07, 6.45) is 0. The van der Waals surface area contributed by atoms with E-state index < -0.39 is 0 Å². The molecule has 100 valence electrons. The molecule has 3 aromatic rings. The molecule has 0 aliphatic carbocycles. The molecule has 0 saturated carbocycles. The van der Waals surface area contributed by atoms with Gasteiger partial charge in [-0.3, -0.25) is 5.10 Å². The van der Waals surface area contributed by atoms with E-state index in [1.54, 1.807) is 31.4 Å². The van der Waals surface area contributed by atoms with Gasteiger partial charge in [0.25, 0.3) is 0 Å². The Kier molecular flexibility index (Phi) is 3.09. The molecule has 0 radical (unpaired) electrons. The maximum Gasteiger partial charge on any atom is 0.181 e. The van der Waals surface area contributed by atoms with Gasteiger partial charge in [0.2, 0.25) is 0 Å². The fourth-order valence-electron chi connectivity index (χ4n) is 1.88. The van der Waals surface area contributed by atoms with Gasteiger partial charge in [0.15, 0.2) is 11.6 Å². The van der Waals surface area contributed by atoms with Crippen molar-refractivity contribution >= 4 is 0 Å². The molecule has 0 saturated heterocycles. The van der Waals surface area contributed by atoms with Crippen molar-refractivity contribution in [3.63, 3.8) is 0 Å². The van der Waals surface area contributed by atoms with Gasteiger partial charge in [-0.15, -0.1) is 0 Å². The van der Waals surface area contributed by atoms with E-state index in [1.807, 2.05) is 24.3 Å². The van der Waals surface area contributed by atoms with E-state index in [2.05, 4.69) is 15.2 Å². The normalized spacial score (nSPS) is 10.4. The zero-order chi connectivity index (χ0) is 13.9. The van der Waals surface area contributed by atoms with Crippen molar-refractivity contribution in [1.82, 2.24) is 15.2 Å². The first-order valence-corrected chi connectivity index (χ1v) is 6.12. The molecule has 5 heteroatoms. The summed E-state index contributed by atoms with van der Waals surface area (Å²) >= 11 is 0. The molecule has 0 fully saturated rings. The highest BCUT2D eigenvalue weighted by atomic mass is 16.5. The van der Waals surface area contributed by atoms with Crippen LogP contribution in [0.15, 0.2) is 48.5 Å². The van der Waals surface area contributed by atoms with Crippen molar-refractivity contribution < 1.29 is 9.84 Å². The number of ether oxygens (including phenoxy) is 1. The predicted molar refractivity (Wildman–Crippen MR) is 75.5 cm³/mol. The number of phenols is 1. The van der Waals surface area contributed by atoms with E-state index in [0.29, 0.717) is 11.6 Å². The Morgan fingerprint density at radius 1 is 0.950 bits per heavy atom. The average molecular weight is 267 g/mol. The molecule has 5 nitrogen and oxygen atoms in total. The summed E-state index contributed by atoms with van der Waals surface area (Å²) in [4.78, 5) is 4.45. The number of aromatic nitrogens is 3. The molecule has 0 atom stereocenters. The van der Waals surface area contributed by atoms with Crippen molar-refractivity contribution in [2.75, 3.05) is 7.11 Å². The Morgan fingerprint density at radius 2 is 1.60 bits per heavy atom. The highest BCUT2D eigenvalue weighted by Crippen LogP contribution is 2.23. The molecule has 0 bridgehead atoms.